The molecule has 2 aromatic carbocycles. The molecule has 98 valence electrons. The molecule has 2 aromatic rings. The van der Waals surface area contributed by atoms with Crippen molar-refractivity contribution in [3.8, 4) is 5.75 Å². The smallest absolute Gasteiger partial charge is 0.126 e. The van der Waals surface area contributed by atoms with E-state index in [0.717, 1.165) is 28.3 Å². The number of aryl methyl sites for hydroxylation is 1. The van der Waals surface area contributed by atoms with Gasteiger partial charge >= 0.3 is 0 Å². The average Bonchev–Trinajstić information content (AvgIpc) is 2.40. The Kier molecular flexibility index (Phi) is 3.21. The highest BCUT2D eigenvalue weighted by molar-refractivity contribution is 6.30. The summed E-state index contributed by atoms with van der Waals surface area (Å²) in [5.74, 6) is 0.893. The molecule has 0 bridgehead atoms. The number of nitrogens with two attached hydrogens (primary N) is 1. The Morgan fingerprint density at radius 3 is 2.63 bits per heavy atom. The van der Waals surface area contributed by atoms with Crippen LogP contribution in [-0.2, 0) is 0 Å². The molecule has 2 atom stereocenters. The molecule has 1 heterocycles. The van der Waals surface area contributed by atoms with Crippen LogP contribution in [0.4, 0.5) is 0 Å². The summed E-state index contributed by atoms with van der Waals surface area (Å²) in [5, 5.41) is 0.736. The third-order valence-corrected chi connectivity index (χ3v) is 3.80. The Morgan fingerprint density at radius 2 is 1.89 bits per heavy atom. The van der Waals surface area contributed by atoms with Gasteiger partial charge in [-0.15, -0.1) is 0 Å². The number of benzene rings is 2. The molecular formula is C16H16ClNO. The zero-order valence-corrected chi connectivity index (χ0v) is 11.5. The minimum absolute atomic E-state index is 0.00229. The molecule has 3 heteroatoms. The highest BCUT2D eigenvalue weighted by Crippen LogP contribution is 2.40. The van der Waals surface area contributed by atoms with Crippen molar-refractivity contribution in [2.45, 2.75) is 25.5 Å². The van der Waals surface area contributed by atoms with E-state index in [2.05, 4.69) is 19.1 Å². The molecule has 2 unspecified atom stereocenters. The van der Waals surface area contributed by atoms with Gasteiger partial charge in [0.2, 0.25) is 0 Å². The van der Waals surface area contributed by atoms with Gasteiger partial charge in [0.15, 0.2) is 0 Å². The number of ether oxygens (including phenoxy) is 1. The summed E-state index contributed by atoms with van der Waals surface area (Å²) in [6.07, 6.45) is 0.792. The Labute approximate surface area is 118 Å². The van der Waals surface area contributed by atoms with Crippen LogP contribution in [-0.4, -0.2) is 0 Å². The molecule has 2 nitrogen and oxygen atoms in total. The first-order valence-electron chi connectivity index (χ1n) is 6.42. The Hall–Kier alpha value is -1.51. The van der Waals surface area contributed by atoms with Crippen molar-refractivity contribution in [3.63, 3.8) is 0 Å². The van der Waals surface area contributed by atoms with E-state index in [-0.39, 0.29) is 12.1 Å². The number of hydrogen-bond donors (Lipinski definition) is 1. The maximum absolute atomic E-state index is 6.27. The number of hydrogen-bond acceptors (Lipinski definition) is 2. The van der Waals surface area contributed by atoms with E-state index in [4.69, 9.17) is 22.1 Å². The van der Waals surface area contributed by atoms with Gasteiger partial charge in [0.05, 0.1) is 0 Å². The van der Waals surface area contributed by atoms with Crippen molar-refractivity contribution in [3.05, 3.63) is 64.2 Å². The molecule has 0 spiro atoms. The van der Waals surface area contributed by atoms with Crippen LogP contribution >= 0.6 is 11.6 Å². The molecule has 1 aliphatic rings. The second-order valence-corrected chi connectivity index (χ2v) is 5.48. The summed E-state index contributed by atoms with van der Waals surface area (Å²) in [5.41, 5.74) is 9.70. The predicted octanol–water partition coefficient (Wildman–Crippen LogP) is 4.17. The largest absolute Gasteiger partial charge is 0.485 e. The maximum Gasteiger partial charge on any atom is 0.126 e. The van der Waals surface area contributed by atoms with Gasteiger partial charge in [-0.1, -0.05) is 41.4 Å². The topological polar surface area (TPSA) is 35.2 Å². The van der Waals surface area contributed by atoms with Crippen molar-refractivity contribution >= 4 is 11.6 Å². The third kappa shape index (κ3) is 2.46. The lowest BCUT2D eigenvalue weighted by Gasteiger charge is -2.30. The van der Waals surface area contributed by atoms with Crippen molar-refractivity contribution in [1.29, 1.82) is 0 Å². The molecule has 0 aliphatic carbocycles. The van der Waals surface area contributed by atoms with Gasteiger partial charge in [0, 0.05) is 23.0 Å². The fourth-order valence-corrected chi connectivity index (χ4v) is 2.63. The summed E-state index contributed by atoms with van der Waals surface area (Å²) in [6, 6.07) is 14.0. The van der Waals surface area contributed by atoms with Crippen LogP contribution < -0.4 is 10.5 Å². The van der Waals surface area contributed by atoms with Crippen LogP contribution in [0.25, 0.3) is 0 Å². The second kappa shape index (κ2) is 4.87. The monoisotopic (exact) mass is 273 g/mol. The Balaban J connectivity index is 1.92. The van der Waals surface area contributed by atoms with Crippen molar-refractivity contribution in [2.75, 3.05) is 0 Å². The summed E-state index contributed by atoms with van der Waals surface area (Å²) in [6.45, 7) is 2.07. The minimum atomic E-state index is 0.00229. The van der Waals surface area contributed by atoms with E-state index < -0.39 is 0 Å². The number of fused-ring (bicyclic) bond motifs is 1. The molecule has 19 heavy (non-hydrogen) atoms. The predicted molar refractivity (Wildman–Crippen MR) is 77.5 cm³/mol. The normalized spacial score (nSPS) is 21.6. The summed E-state index contributed by atoms with van der Waals surface area (Å²) >= 11 is 5.91. The summed E-state index contributed by atoms with van der Waals surface area (Å²) < 4.78 is 6.06. The lowest BCUT2D eigenvalue weighted by Crippen LogP contribution is -2.24. The first-order valence-corrected chi connectivity index (χ1v) is 6.79. The van der Waals surface area contributed by atoms with E-state index in [1.807, 2.05) is 30.3 Å². The highest BCUT2D eigenvalue weighted by atomic mass is 35.5. The summed E-state index contributed by atoms with van der Waals surface area (Å²) in [4.78, 5) is 0. The third-order valence-electron chi connectivity index (χ3n) is 3.54. The molecular weight excluding hydrogens is 258 g/mol. The first kappa shape index (κ1) is 12.5. The Morgan fingerprint density at radius 1 is 1.16 bits per heavy atom. The second-order valence-electron chi connectivity index (χ2n) is 5.04. The van der Waals surface area contributed by atoms with Gasteiger partial charge in [-0.05, 0) is 30.7 Å². The zero-order chi connectivity index (χ0) is 13.4. The molecule has 0 aromatic heterocycles. The minimum Gasteiger partial charge on any atom is -0.485 e. The number of halogens is 1. The summed E-state index contributed by atoms with van der Waals surface area (Å²) in [7, 11) is 0. The van der Waals surface area contributed by atoms with Gasteiger partial charge in [0.1, 0.15) is 11.9 Å². The van der Waals surface area contributed by atoms with E-state index in [1.54, 1.807) is 0 Å². The van der Waals surface area contributed by atoms with Gasteiger partial charge in [0.25, 0.3) is 0 Å². The van der Waals surface area contributed by atoms with Gasteiger partial charge in [-0.3, -0.25) is 0 Å². The first-order chi connectivity index (χ1) is 9.13. The molecule has 0 saturated carbocycles. The van der Waals surface area contributed by atoms with Crippen molar-refractivity contribution in [1.82, 2.24) is 0 Å². The van der Waals surface area contributed by atoms with Crippen LogP contribution in [0.3, 0.4) is 0 Å². The molecule has 2 N–H and O–H groups in total. The van der Waals surface area contributed by atoms with E-state index >= 15 is 0 Å². The molecule has 3 rings (SSSR count). The fraction of sp³-hybridized carbons (Fsp3) is 0.250. The molecule has 0 amide bonds. The van der Waals surface area contributed by atoms with Gasteiger partial charge in [-0.2, -0.15) is 0 Å². The molecule has 0 fully saturated rings. The van der Waals surface area contributed by atoms with Crippen LogP contribution in [0.2, 0.25) is 5.02 Å². The van der Waals surface area contributed by atoms with E-state index in [0.29, 0.717) is 0 Å². The van der Waals surface area contributed by atoms with Crippen LogP contribution in [0.5, 0.6) is 5.75 Å². The zero-order valence-electron chi connectivity index (χ0n) is 10.8. The highest BCUT2D eigenvalue weighted by Gasteiger charge is 2.26. The van der Waals surface area contributed by atoms with E-state index in [9.17, 15) is 0 Å². The standard InChI is InChI=1S/C16H16ClNO/c1-10-2-7-15-13(8-10)14(18)9-16(19-15)11-3-5-12(17)6-4-11/h2-8,14,16H,9,18H2,1H3. The van der Waals surface area contributed by atoms with Crippen LogP contribution in [0.15, 0.2) is 42.5 Å². The molecule has 1 aliphatic heterocycles. The fourth-order valence-electron chi connectivity index (χ4n) is 2.51. The maximum atomic E-state index is 6.27. The van der Waals surface area contributed by atoms with Crippen molar-refractivity contribution in [2.24, 2.45) is 5.73 Å². The lowest BCUT2D eigenvalue weighted by atomic mass is 9.93. The Bertz CT molecular complexity index is 594. The molecule has 0 saturated heterocycles. The van der Waals surface area contributed by atoms with Crippen molar-refractivity contribution < 1.29 is 4.74 Å². The number of rotatable bonds is 1. The van der Waals surface area contributed by atoms with Crippen LogP contribution in [0.1, 0.15) is 35.3 Å². The van der Waals surface area contributed by atoms with Gasteiger partial charge in [-0.25, -0.2) is 0 Å². The van der Waals surface area contributed by atoms with Crippen LogP contribution in [0, 0.1) is 6.92 Å². The SMILES string of the molecule is Cc1ccc2c(c1)C(N)CC(c1ccc(Cl)cc1)O2. The average molecular weight is 274 g/mol. The van der Waals surface area contributed by atoms with E-state index in [1.165, 1.54) is 5.56 Å². The molecule has 0 radical (unpaired) electrons. The lowest BCUT2D eigenvalue weighted by molar-refractivity contribution is 0.161. The van der Waals surface area contributed by atoms with Gasteiger partial charge < -0.3 is 10.5 Å². The quantitative estimate of drug-likeness (QED) is 0.846.